The Morgan fingerprint density at radius 3 is 3.00 bits per heavy atom. The fourth-order valence-corrected chi connectivity index (χ4v) is 2.74. The molecule has 0 unspecified atom stereocenters. The van der Waals surface area contributed by atoms with Crippen LogP contribution in [0.3, 0.4) is 0 Å². The van der Waals surface area contributed by atoms with Crippen molar-refractivity contribution in [2.24, 2.45) is 0 Å². The predicted octanol–water partition coefficient (Wildman–Crippen LogP) is 2.91. The molecule has 0 saturated carbocycles. The van der Waals surface area contributed by atoms with Crippen LogP contribution in [-0.4, -0.2) is 26.1 Å². The summed E-state index contributed by atoms with van der Waals surface area (Å²) in [7, 11) is 0. The van der Waals surface area contributed by atoms with Gasteiger partial charge in [0.1, 0.15) is 5.03 Å². The first-order valence-corrected chi connectivity index (χ1v) is 6.82. The van der Waals surface area contributed by atoms with Crippen LogP contribution in [0, 0.1) is 0 Å². The van der Waals surface area contributed by atoms with Gasteiger partial charge in [0, 0.05) is 15.9 Å². The van der Waals surface area contributed by atoms with Crippen molar-refractivity contribution >= 4 is 33.7 Å². The van der Waals surface area contributed by atoms with Gasteiger partial charge in [-0.25, -0.2) is 9.48 Å². The number of aryl methyl sites for hydroxylation is 1. The molecule has 0 aliphatic rings. The summed E-state index contributed by atoms with van der Waals surface area (Å²) in [4.78, 5) is 11.9. The number of nitrogens with zero attached hydrogens (tertiary/aromatic N) is 3. The molecule has 0 spiro atoms. The van der Waals surface area contributed by atoms with Gasteiger partial charge in [0.05, 0.1) is 11.8 Å². The molecule has 2 rings (SSSR count). The fraction of sp³-hybridized carbons (Fsp3) is 0.182. The summed E-state index contributed by atoms with van der Waals surface area (Å²) in [5, 5.41) is 17.7. The van der Waals surface area contributed by atoms with Crippen molar-refractivity contribution in [1.29, 1.82) is 0 Å². The Morgan fingerprint density at radius 2 is 2.33 bits per heavy atom. The molecule has 1 heterocycles. The lowest BCUT2D eigenvalue weighted by atomic mass is 10.2. The highest BCUT2D eigenvalue weighted by Crippen LogP contribution is 2.30. The lowest BCUT2D eigenvalue weighted by Crippen LogP contribution is -1.99. The summed E-state index contributed by atoms with van der Waals surface area (Å²) in [6.07, 6.45) is 1.66. The first-order chi connectivity index (χ1) is 8.61. The molecule has 0 aliphatic heterocycles. The van der Waals surface area contributed by atoms with E-state index in [0.29, 0.717) is 4.47 Å². The van der Waals surface area contributed by atoms with E-state index < -0.39 is 5.97 Å². The van der Waals surface area contributed by atoms with Crippen molar-refractivity contribution in [3.63, 3.8) is 0 Å². The van der Waals surface area contributed by atoms with Crippen LogP contribution in [0.2, 0.25) is 0 Å². The van der Waals surface area contributed by atoms with Crippen molar-refractivity contribution in [2.45, 2.75) is 23.4 Å². The average molecular weight is 328 g/mol. The van der Waals surface area contributed by atoms with E-state index in [2.05, 4.69) is 26.2 Å². The zero-order chi connectivity index (χ0) is 13.1. The van der Waals surface area contributed by atoms with Gasteiger partial charge < -0.3 is 5.11 Å². The second-order valence-corrected chi connectivity index (χ2v) is 5.39. The maximum atomic E-state index is 11.0. The van der Waals surface area contributed by atoms with Crippen LogP contribution in [0.1, 0.15) is 17.3 Å². The van der Waals surface area contributed by atoms with E-state index in [-0.39, 0.29) is 5.56 Å². The molecular weight excluding hydrogens is 318 g/mol. The molecule has 0 atom stereocenters. The Bertz CT molecular complexity index is 585. The van der Waals surface area contributed by atoms with Gasteiger partial charge in [-0.15, -0.1) is 5.10 Å². The van der Waals surface area contributed by atoms with Gasteiger partial charge in [0.25, 0.3) is 0 Å². The van der Waals surface area contributed by atoms with E-state index in [4.69, 9.17) is 5.11 Å². The largest absolute Gasteiger partial charge is 0.478 e. The van der Waals surface area contributed by atoms with E-state index in [1.165, 1.54) is 11.8 Å². The summed E-state index contributed by atoms with van der Waals surface area (Å²) in [6.45, 7) is 2.70. The molecule has 0 amide bonds. The van der Waals surface area contributed by atoms with Crippen LogP contribution in [0.5, 0.6) is 0 Å². The van der Waals surface area contributed by atoms with E-state index in [1.54, 1.807) is 23.0 Å². The van der Waals surface area contributed by atoms with Gasteiger partial charge in [0.2, 0.25) is 0 Å². The molecule has 94 valence electrons. The molecule has 0 fully saturated rings. The van der Waals surface area contributed by atoms with Gasteiger partial charge in [-0.3, -0.25) is 0 Å². The van der Waals surface area contributed by atoms with E-state index >= 15 is 0 Å². The molecule has 2 aromatic rings. The third-order valence-electron chi connectivity index (χ3n) is 2.27. The standard InChI is InChI=1S/C11H10BrN3O2S/c1-2-15-10(6-13-14-15)18-7-3-4-9(12)8(5-7)11(16)17/h3-6H,2H2,1H3,(H,16,17). The SMILES string of the molecule is CCn1nncc1Sc1ccc(Br)c(C(=O)O)c1. The second-order valence-electron chi connectivity index (χ2n) is 3.44. The lowest BCUT2D eigenvalue weighted by molar-refractivity contribution is 0.0695. The molecule has 1 aromatic carbocycles. The molecule has 5 nitrogen and oxygen atoms in total. The molecule has 0 bridgehead atoms. The van der Waals surface area contributed by atoms with Gasteiger partial charge >= 0.3 is 5.97 Å². The molecule has 0 radical (unpaired) electrons. The Labute approximate surface area is 116 Å². The average Bonchev–Trinajstić information content (AvgIpc) is 2.78. The zero-order valence-electron chi connectivity index (χ0n) is 9.50. The number of aromatic carboxylic acids is 1. The van der Waals surface area contributed by atoms with Crippen molar-refractivity contribution in [2.75, 3.05) is 0 Å². The van der Waals surface area contributed by atoms with Gasteiger partial charge in [-0.2, -0.15) is 0 Å². The van der Waals surface area contributed by atoms with Crippen LogP contribution in [0.25, 0.3) is 0 Å². The number of benzene rings is 1. The zero-order valence-corrected chi connectivity index (χ0v) is 11.9. The predicted molar refractivity (Wildman–Crippen MR) is 70.9 cm³/mol. The minimum atomic E-state index is -0.952. The second kappa shape index (κ2) is 5.53. The molecule has 1 aromatic heterocycles. The molecule has 7 heteroatoms. The van der Waals surface area contributed by atoms with E-state index in [9.17, 15) is 4.79 Å². The Kier molecular flexibility index (Phi) is 4.03. The smallest absolute Gasteiger partial charge is 0.336 e. The van der Waals surface area contributed by atoms with Gasteiger partial charge in [-0.05, 0) is 41.1 Å². The monoisotopic (exact) mass is 327 g/mol. The highest BCUT2D eigenvalue weighted by Gasteiger charge is 2.11. The minimum Gasteiger partial charge on any atom is -0.478 e. The summed E-state index contributed by atoms with van der Waals surface area (Å²) >= 11 is 4.66. The highest BCUT2D eigenvalue weighted by atomic mass is 79.9. The normalized spacial score (nSPS) is 10.6. The molecule has 0 saturated heterocycles. The maximum absolute atomic E-state index is 11.0. The van der Waals surface area contributed by atoms with Crippen molar-refractivity contribution in [3.05, 3.63) is 34.4 Å². The van der Waals surface area contributed by atoms with Crippen LogP contribution in [-0.2, 0) is 6.54 Å². The first kappa shape index (κ1) is 13.1. The number of hydrogen-bond acceptors (Lipinski definition) is 4. The van der Waals surface area contributed by atoms with E-state index in [0.717, 1.165) is 16.5 Å². The van der Waals surface area contributed by atoms with Crippen LogP contribution in [0.15, 0.2) is 38.8 Å². The molecule has 1 N–H and O–H groups in total. The molecule has 18 heavy (non-hydrogen) atoms. The maximum Gasteiger partial charge on any atom is 0.336 e. The summed E-state index contributed by atoms with van der Waals surface area (Å²) in [5.74, 6) is -0.952. The number of carboxylic acids is 1. The number of aromatic nitrogens is 3. The Morgan fingerprint density at radius 1 is 1.56 bits per heavy atom. The van der Waals surface area contributed by atoms with Crippen LogP contribution >= 0.6 is 27.7 Å². The third kappa shape index (κ3) is 2.73. The van der Waals surface area contributed by atoms with Crippen LogP contribution < -0.4 is 0 Å². The van der Waals surface area contributed by atoms with E-state index in [1.807, 2.05) is 13.0 Å². The van der Waals surface area contributed by atoms with Crippen molar-refractivity contribution in [1.82, 2.24) is 15.0 Å². The van der Waals surface area contributed by atoms with Gasteiger partial charge in [0.15, 0.2) is 0 Å². The fourth-order valence-electron chi connectivity index (χ4n) is 1.40. The first-order valence-electron chi connectivity index (χ1n) is 5.21. The van der Waals surface area contributed by atoms with Crippen LogP contribution in [0.4, 0.5) is 0 Å². The third-order valence-corrected chi connectivity index (χ3v) is 3.98. The topological polar surface area (TPSA) is 68.0 Å². The summed E-state index contributed by atoms with van der Waals surface area (Å²) in [5.41, 5.74) is 0.246. The quantitative estimate of drug-likeness (QED) is 0.935. The minimum absolute atomic E-state index is 0.246. The molecular formula is C11H10BrN3O2S. The highest BCUT2D eigenvalue weighted by molar-refractivity contribution is 9.10. The van der Waals surface area contributed by atoms with Crippen molar-refractivity contribution < 1.29 is 9.90 Å². The molecule has 0 aliphatic carbocycles. The number of rotatable bonds is 4. The summed E-state index contributed by atoms with van der Waals surface area (Å²) < 4.78 is 2.33. The number of halogens is 1. The lowest BCUT2D eigenvalue weighted by Gasteiger charge is -2.05. The number of hydrogen-bond donors (Lipinski definition) is 1. The van der Waals surface area contributed by atoms with Gasteiger partial charge in [-0.1, -0.05) is 17.0 Å². The Hall–Kier alpha value is -1.34. The van der Waals surface area contributed by atoms with Crippen molar-refractivity contribution in [3.8, 4) is 0 Å². The number of carboxylic acid groups (broad SMARTS) is 1. The number of carbonyl (C=O) groups is 1. The Balaban J connectivity index is 2.30. The summed E-state index contributed by atoms with van der Waals surface area (Å²) in [6, 6.07) is 5.21.